The van der Waals surface area contributed by atoms with Crippen molar-refractivity contribution in [1.82, 2.24) is 20.4 Å². The Hall–Kier alpha value is -4.33. The van der Waals surface area contributed by atoms with Gasteiger partial charge in [0.1, 0.15) is 5.82 Å². The van der Waals surface area contributed by atoms with Gasteiger partial charge >= 0.3 is 0 Å². The molecule has 0 spiro atoms. The molecule has 1 aliphatic carbocycles. The Morgan fingerprint density at radius 1 is 1.11 bits per heavy atom. The van der Waals surface area contributed by atoms with Gasteiger partial charge in [0.15, 0.2) is 0 Å². The second-order valence-corrected chi connectivity index (χ2v) is 9.71. The molecule has 1 aromatic heterocycles. The Labute approximate surface area is 212 Å². The molecule has 4 aromatic rings. The fourth-order valence-corrected chi connectivity index (χ4v) is 5.83. The number of hydrogen-bond donors (Lipinski definition) is 2. The number of rotatable bonds is 4. The number of carbonyl (C=O) groups is 2. The Morgan fingerprint density at radius 3 is 2.73 bits per heavy atom. The van der Waals surface area contributed by atoms with Crippen LogP contribution in [0.1, 0.15) is 63.7 Å². The number of hydrogen-bond acceptors (Lipinski definition) is 4. The van der Waals surface area contributed by atoms with Crippen LogP contribution in [-0.4, -0.2) is 33.5 Å². The Bertz CT molecular complexity index is 1630. The van der Waals surface area contributed by atoms with E-state index >= 15 is 4.39 Å². The zero-order chi connectivity index (χ0) is 25.7. The van der Waals surface area contributed by atoms with E-state index < -0.39 is 5.82 Å². The molecule has 2 aliphatic rings. The molecule has 0 radical (unpaired) electrons. The first kappa shape index (κ1) is 23.1. The molecule has 7 nitrogen and oxygen atoms in total. The van der Waals surface area contributed by atoms with Crippen LogP contribution >= 0.6 is 0 Å². The van der Waals surface area contributed by atoms with Crippen molar-refractivity contribution in [1.29, 1.82) is 0 Å². The van der Waals surface area contributed by atoms with E-state index in [1.54, 1.807) is 29.2 Å². The smallest absolute Gasteiger partial charge is 0.272 e. The highest BCUT2D eigenvalue weighted by molar-refractivity contribution is 5.95. The number of nitrogens with zero attached hydrogens (tertiary/aromatic N) is 2. The predicted octanol–water partition coefficient (Wildman–Crippen LogP) is 3.97. The molecule has 186 valence electrons. The molecule has 37 heavy (non-hydrogen) atoms. The first-order chi connectivity index (χ1) is 17.9. The summed E-state index contributed by atoms with van der Waals surface area (Å²) >= 11 is 0. The minimum absolute atomic E-state index is 0.00939. The second-order valence-electron chi connectivity index (χ2n) is 9.71. The van der Waals surface area contributed by atoms with E-state index in [0.29, 0.717) is 36.9 Å². The summed E-state index contributed by atoms with van der Waals surface area (Å²) in [5, 5.41) is 11.0. The monoisotopic (exact) mass is 496 g/mol. The number of nitrogens with one attached hydrogen (secondary N) is 2. The average Bonchev–Trinajstić information content (AvgIpc) is 3.26. The second kappa shape index (κ2) is 8.96. The lowest BCUT2D eigenvalue weighted by Gasteiger charge is -2.35. The molecule has 6 rings (SSSR count). The summed E-state index contributed by atoms with van der Waals surface area (Å²) in [4.78, 5) is 39.4. The fraction of sp³-hybridized carbons (Fsp3) is 0.241. The van der Waals surface area contributed by atoms with Crippen LogP contribution in [0.5, 0.6) is 0 Å². The average molecular weight is 497 g/mol. The van der Waals surface area contributed by atoms with Gasteiger partial charge in [0.05, 0.1) is 28.7 Å². The molecule has 2 N–H and O–H groups in total. The Balaban J connectivity index is 1.33. The molecule has 0 bridgehead atoms. The zero-order valence-corrected chi connectivity index (χ0v) is 20.3. The van der Waals surface area contributed by atoms with Crippen molar-refractivity contribution in [3.63, 3.8) is 0 Å². The molecule has 2 unspecified atom stereocenters. The maximum Gasteiger partial charge on any atom is 0.272 e. The van der Waals surface area contributed by atoms with Crippen molar-refractivity contribution in [2.24, 2.45) is 0 Å². The number of aromatic nitrogens is 2. The van der Waals surface area contributed by atoms with Gasteiger partial charge in [0.25, 0.3) is 11.5 Å². The topological polar surface area (TPSA) is 95.2 Å². The first-order valence-electron chi connectivity index (χ1n) is 12.3. The summed E-state index contributed by atoms with van der Waals surface area (Å²) < 4.78 is 15.0. The molecule has 3 aromatic carbocycles. The number of fused-ring (bicyclic) bond motifs is 1. The van der Waals surface area contributed by atoms with Gasteiger partial charge in [-0.2, -0.15) is 5.10 Å². The minimum Gasteiger partial charge on any atom is -0.349 e. The quantitative estimate of drug-likeness (QED) is 0.447. The fourth-order valence-electron chi connectivity index (χ4n) is 5.83. The number of aromatic amines is 1. The summed E-state index contributed by atoms with van der Waals surface area (Å²) in [7, 11) is 0. The summed E-state index contributed by atoms with van der Waals surface area (Å²) in [6.45, 7) is 1.96. The predicted molar refractivity (Wildman–Crippen MR) is 137 cm³/mol. The van der Waals surface area contributed by atoms with Gasteiger partial charge in [-0.3, -0.25) is 14.4 Å². The summed E-state index contributed by atoms with van der Waals surface area (Å²) in [5.41, 5.74) is 4.37. The molecule has 0 saturated carbocycles. The van der Waals surface area contributed by atoms with Crippen LogP contribution in [0.25, 0.3) is 10.8 Å². The number of carbonyl (C=O) groups excluding carboxylic acids is 2. The summed E-state index contributed by atoms with van der Waals surface area (Å²) in [5.74, 6) is -1.07. The highest BCUT2D eigenvalue weighted by Crippen LogP contribution is 2.47. The molecule has 0 saturated heterocycles. The zero-order valence-electron chi connectivity index (χ0n) is 20.3. The highest BCUT2D eigenvalue weighted by atomic mass is 19.1. The van der Waals surface area contributed by atoms with E-state index in [-0.39, 0.29) is 35.0 Å². The number of amides is 2. The van der Waals surface area contributed by atoms with Crippen LogP contribution < -0.4 is 10.9 Å². The van der Waals surface area contributed by atoms with Gasteiger partial charge in [0.2, 0.25) is 5.91 Å². The first-order valence-corrected chi connectivity index (χ1v) is 12.3. The molecule has 1 aliphatic heterocycles. The maximum atomic E-state index is 15.0. The van der Waals surface area contributed by atoms with Gasteiger partial charge in [-0.05, 0) is 53.3 Å². The third-order valence-corrected chi connectivity index (χ3v) is 7.44. The number of H-pyrrole nitrogens is 1. The molecule has 0 fully saturated rings. The van der Waals surface area contributed by atoms with Crippen LogP contribution in [0.15, 0.2) is 65.5 Å². The van der Waals surface area contributed by atoms with Crippen LogP contribution in [0.2, 0.25) is 0 Å². The van der Waals surface area contributed by atoms with Crippen molar-refractivity contribution in [3.05, 3.63) is 110 Å². The van der Waals surface area contributed by atoms with E-state index in [0.717, 1.165) is 22.1 Å². The molecular weight excluding hydrogens is 471 g/mol. The van der Waals surface area contributed by atoms with Gasteiger partial charge in [-0.1, -0.05) is 42.5 Å². The van der Waals surface area contributed by atoms with E-state index in [4.69, 9.17) is 0 Å². The highest BCUT2D eigenvalue weighted by Gasteiger charge is 2.41. The molecule has 8 heteroatoms. The van der Waals surface area contributed by atoms with Crippen LogP contribution in [0.4, 0.5) is 4.39 Å². The van der Waals surface area contributed by atoms with Gasteiger partial charge in [-0.25, -0.2) is 9.49 Å². The molecule has 2 heterocycles. The number of benzene rings is 3. The minimum atomic E-state index is -0.580. The standard InChI is InChI=1S/C29H25FN4O3/c1-16(35)31-24-15-26-27-18(5-4-8-21(24)27)11-12-34(26)29(37)22-13-17(9-10-23(22)30)14-25-19-6-2-3-7-20(19)28(36)33-32-25/h2-10,13,24,26H,11-12,14-15H2,1H3,(H,31,35)(H,33,36). The van der Waals surface area contributed by atoms with E-state index in [1.807, 2.05) is 24.3 Å². The lowest BCUT2D eigenvalue weighted by atomic mass is 9.92. The third kappa shape index (κ3) is 3.98. The Kier molecular flexibility index (Phi) is 5.59. The summed E-state index contributed by atoms with van der Waals surface area (Å²) in [6.07, 6.45) is 1.57. The lowest BCUT2D eigenvalue weighted by molar-refractivity contribution is -0.119. The maximum absolute atomic E-state index is 15.0. The molecular formula is C29H25FN4O3. The third-order valence-electron chi connectivity index (χ3n) is 7.44. The van der Waals surface area contributed by atoms with Crippen molar-refractivity contribution in [2.75, 3.05) is 6.54 Å². The van der Waals surface area contributed by atoms with Gasteiger partial charge < -0.3 is 10.2 Å². The lowest BCUT2D eigenvalue weighted by Crippen LogP contribution is -2.39. The Morgan fingerprint density at radius 2 is 1.92 bits per heavy atom. The van der Waals surface area contributed by atoms with Crippen molar-refractivity contribution < 1.29 is 14.0 Å². The van der Waals surface area contributed by atoms with Crippen LogP contribution in [-0.2, 0) is 17.6 Å². The normalized spacial score (nSPS) is 18.1. The SMILES string of the molecule is CC(=O)NC1CC2c3c(cccc31)CCN2C(=O)c1cc(Cc2n[nH]c(=O)c3ccccc23)ccc1F. The largest absolute Gasteiger partial charge is 0.349 e. The number of halogens is 1. The van der Waals surface area contributed by atoms with Crippen molar-refractivity contribution >= 4 is 22.6 Å². The van der Waals surface area contributed by atoms with Gasteiger partial charge in [-0.15, -0.1) is 0 Å². The molecule has 2 amide bonds. The van der Waals surface area contributed by atoms with Crippen LogP contribution in [0, 0.1) is 5.82 Å². The summed E-state index contributed by atoms with van der Waals surface area (Å²) in [6, 6.07) is 17.4. The van der Waals surface area contributed by atoms with Crippen molar-refractivity contribution in [3.8, 4) is 0 Å². The van der Waals surface area contributed by atoms with Crippen LogP contribution in [0.3, 0.4) is 0 Å². The van der Waals surface area contributed by atoms with Gasteiger partial charge in [0, 0.05) is 25.3 Å². The van der Waals surface area contributed by atoms with E-state index in [2.05, 4.69) is 21.6 Å². The van der Waals surface area contributed by atoms with E-state index in [1.165, 1.54) is 18.6 Å². The van der Waals surface area contributed by atoms with E-state index in [9.17, 15) is 14.4 Å². The molecule has 2 atom stereocenters. The van der Waals surface area contributed by atoms with Crippen molar-refractivity contribution in [2.45, 2.75) is 38.3 Å².